The third-order valence-corrected chi connectivity index (χ3v) is 5.81. The number of guanidine groups is 4. The van der Waals surface area contributed by atoms with E-state index in [2.05, 4.69) is 30.6 Å². The molecule has 2 aromatic carbocycles. The Kier molecular flexibility index (Phi) is 18.0. The highest BCUT2D eigenvalue weighted by molar-refractivity contribution is 6.31. The molecule has 0 saturated carbocycles. The zero-order valence-electron chi connectivity index (χ0n) is 24.0. The molecule has 0 aromatic heterocycles. The lowest BCUT2D eigenvalue weighted by Crippen LogP contribution is -2.30. The number of benzene rings is 2. The number of carboxylic acids is 2. The number of carboxylic acid groups (broad SMARTS) is 2. The van der Waals surface area contributed by atoms with Gasteiger partial charge in [0.2, 0.25) is 23.8 Å². The molecular formula is C27H39Cl2N11O4. The van der Waals surface area contributed by atoms with Crippen molar-refractivity contribution in [1.82, 2.24) is 0 Å². The second-order valence-corrected chi connectivity index (χ2v) is 9.90. The molecule has 14 N–H and O–H groups in total. The third-order valence-electron chi connectivity index (χ3n) is 5.30. The normalized spacial score (nSPS) is 13.0. The minimum absolute atomic E-state index is 0.0231. The number of nitrogens with zero attached hydrogens (tertiary/aromatic N) is 4. The van der Waals surface area contributed by atoms with E-state index in [1.165, 1.54) is 0 Å². The minimum atomic E-state index is -1.17. The number of anilines is 2. The van der Waals surface area contributed by atoms with Gasteiger partial charge in [0.15, 0.2) is 0 Å². The van der Waals surface area contributed by atoms with E-state index in [0.717, 1.165) is 37.1 Å². The summed E-state index contributed by atoms with van der Waals surface area (Å²) in [6, 6.07) is 13.1. The summed E-state index contributed by atoms with van der Waals surface area (Å²) in [6.07, 6.45) is 3.46. The van der Waals surface area contributed by atoms with Crippen LogP contribution in [-0.4, -0.2) is 65.1 Å². The molecule has 2 rings (SSSR count). The van der Waals surface area contributed by atoms with Crippen LogP contribution in [0.15, 0.2) is 68.5 Å². The van der Waals surface area contributed by atoms with Gasteiger partial charge >= 0.3 is 11.9 Å². The Balaban J connectivity index is 0.000000828. The molecule has 0 spiro atoms. The average Bonchev–Trinajstić information content (AvgIpc) is 2.95. The number of nitrogens with two attached hydrogens (primary N) is 5. The van der Waals surface area contributed by atoms with Gasteiger partial charge < -0.3 is 49.5 Å². The number of hydrogen-bond donors (Lipinski definition) is 9. The van der Waals surface area contributed by atoms with Gasteiger partial charge in [-0.2, -0.15) is 9.98 Å². The molecule has 0 saturated heterocycles. The van der Waals surface area contributed by atoms with E-state index >= 15 is 0 Å². The molecule has 0 fully saturated rings. The highest BCUT2D eigenvalue weighted by Crippen LogP contribution is 2.13. The predicted molar refractivity (Wildman–Crippen MR) is 177 cm³/mol. The molecule has 0 heterocycles. The van der Waals surface area contributed by atoms with Gasteiger partial charge in [-0.1, -0.05) is 36.0 Å². The molecule has 0 aliphatic carbocycles. The summed E-state index contributed by atoms with van der Waals surface area (Å²) < 4.78 is 0. The number of unbranched alkanes of at least 4 members (excludes halogenated alkanes) is 3. The quantitative estimate of drug-likeness (QED) is 0.0861. The van der Waals surface area contributed by atoms with Crippen molar-refractivity contribution in [2.45, 2.75) is 44.6 Å². The Morgan fingerprint density at radius 2 is 1.09 bits per heavy atom. The van der Waals surface area contributed by atoms with Crippen LogP contribution in [0.3, 0.4) is 0 Å². The molecule has 1 atom stereocenters. The standard InChI is InChI=1S/C22H30Cl2N10.C5H9NO4/c23-15-5-9-17(10-6-15)31-21(27)33-19(25)29-13-3-1-2-4-14-30-20(26)34-22(28)32-18-11-7-16(24)8-12-18;6-3(5(9)10)1-2-4(7)8/h5-12H,1-4,13-14H2,(H5,25,27,29,31,33)(H5,26,28,30,32,34);3H,1-2,6H2,(H,7,8)(H,9,10). The van der Waals surface area contributed by atoms with E-state index in [0.29, 0.717) is 23.1 Å². The highest BCUT2D eigenvalue weighted by Gasteiger charge is 2.12. The topological polar surface area (TPSA) is 278 Å². The van der Waals surface area contributed by atoms with Gasteiger partial charge in [0.25, 0.3) is 0 Å². The molecular weight excluding hydrogens is 613 g/mol. The lowest BCUT2D eigenvalue weighted by molar-refractivity contribution is -0.139. The largest absolute Gasteiger partial charge is 0.481 e. The van der Waals surface area contributed by atoms with Crippen molar-refractivity contribution in [3.05, 3.63) is 58.6 Å². The van der Waals surface area contributed by atoms with Crippen LogP contribution in [0.4, 0.5) is 11.4 Å². The molecule has 44 heavy (non-hydrogen) atoms. The van der Waals surface area contributed by atoms with Gasteiger partial charge in [-0.05, 0) is 67.8 Å². The van der Waals surface area contributed by atoms with Crippen LogP contribution in [-0.2, 0) is 9.59 Å². The maximum absolute atomic E-state index is 9.99. The van der Waals surface area contributed by atoms with Crippen molar-refractivity contribution in [1.29, 1.82) is 0 Å². The van der Waals surface area contributed by atoms with Crippen LogP contribution >= 0.6 is 23.2 Å². The van der Waals surface area contributed by atoms with E-state index < -0.39 is 18.0 Å². The zero-order chi connectivity index (χ0) is 32.9. The number of aliphatic imine (C=N–C) groups is 4. The van der Waals surface area contributed by atoms with E-state index in [4.69, 9.17) is 62.1 Å². The second kappa shape index (κ2) is 21.1. The molecule has 0 aliphatic heterocycles. The van der Waals surface area contributed by atoms with Crippen molar-refractivity contribution >= 4 is 70.4 Å². The molecule has 17 heteroatoms. The molecule has 2 aromatic rings. The average molecular weight is 653 g/mol. The maximum Gasteiger partial charge on any atom is 0.320 e. The van der Waals surface area contributed by atoms with E-state index in [1.54, 1.807) is 48.5 Å². The summed E-state index contributed by atoms with van der Waals surface area (Å²) in [4.78, 5) is 36.3. The van der Waals surface area contributed by atoms with Gasteiger partial charge in [-0.25, -0.2) is 0 Å². The van der Waals surface area contributed by atoms with Gasteiger partial charge in [-0.3, -0.25) is 19.6 Å². The van der Waals surface area contributed by atoms with Crippen LogP contribution in [0.2, 0.25) is 10.0 Å². The first kappa shape index (κ1) is 37.4. The SMILES string of the molecule is NC(=NCCCCCCN=C(N)/N=C(\N)Nc1ccc(Cl)cc1)/N=C(\N)Nc1ccc(Cl)cc1.NC(CCC(=O)O)C(=O)O. The first-order valence-corrected chi connectivity index (χ1v) is 14.1. The Bertz CT molecular complexity index is 1220. The molecule has 0 aliphatic rings. The fourth-order valence-corrected chi connectivity index (χ4v) is 3.35. The lowest BCUT2D eigenvalue weighted by atomic mass is 10.2. The molecule has 0 bridgehead atoms. The van der Waals surface area contributed by atoms with Crippen molar-refractivity contribution < 1.29 is 19.8 Å². The molecule has 0 radical (unpaired) electrons. The molecule has 1 unspecified atom stereocenters. The predicted octanol–water partition coefficient (Wildman–Crippen LogP) is 2.60. The van der Waals surface area contributed by atoms with Crippen molar-refractivity contribution in [2.75, 3.05) is 23.7 Å². The van der Waals surface area contributed by atoms with Gasteiger partial charge in [0, 0.05) is 40.9 Å². The Morgan fingerprint density at radius 3 is 1.43 bits per heavy atom. The molecule has 15 nitrogen and oxygen atoms in total. The van der Waals surface area contributed by atoms with Crippen LogP contribution in [0, 0.1) is 0 Å². The summed E-state index contributed by atoms with van der Waals surface area (Å²) in [7, 11) is 0. The Morgan fingerprint density at radius 1 is 0.705 bits per heavy atom. The lowest BCUT2D eigenvalue weighted by Gasteiger charge is -2.05. The van der Waals surface area contributed by atoms with Crippen molar-refractivity contribution in [3.63, 3.8) is 0 Å². The second-order valence-electron chi connectivity index (χ2n) is 9.03. The fourth-order valence-electron chi connectivity index (χ4n) is 3.10. The van der Waals surface area contributed by atoms with E-state index in [-0.39, 0.29) is 36.7 Å². The summed E-state index contributed by atoms with van der Waals surface area (Å²) in [6.45, 7) is 1.12. The minimum Gasteiger partial charge on any atom is -0.481 e. The van der Waals surface area contributed by atoms with Crippen LogP contribution in [0.5, 0.6) is 0 Å². The van der Waals surface area contributed by atoms with Gasteiger partial charge in [0.05, 0.1) is 0 Å². The Labute approximate surface area is 265 Å². The number of carbonyl (C=O) groups is 2. The number of aliphatic carboxylic acids is 2. The van der Waals surface area contributed by atoms with Gasteiger partial charge in [-0.15, -0.1) is 0 Å². The number of halogens is 2. The third kappa shape index (κ3) is 18.8. The summed E-state index contributed by atoms with van der Waals surface area (Å²) in [5.74, 6) is -1.63. The smallest absolute Gasteiger partial charge is 0.320 e. The zero-order valence-corrected chi connectivity index (χ0v) is 25.5. The fraction of sp³-hybridized carbons (Fsp3) is 0.333. The molecule has 0 amide bonds. The first-order chi connectivity index (χ1) is 20.8. The summed E-state index contributed by atoms with van der Waals surface area (Å²) in [5.41, 5.74) is 29.8. The highest BCUT2D eigenvalue weighted by atomic mass is 35.5. The first-order valence-electron chi connectivity index (χ1n) is 13.4. The number of nitrogens with one attached hydrogen (secondary N) is 2. The molecule has 240 valence electrons. The monoisotopic (exact) mass is 651 g/mol. The van der Waals surface area contributed by atoms with Gasteiger partial charge in [0.1, 0.15) is 6.04 Å². The van der Waals surface area contributed by atoms with Crippen molar-refractivity contribution in [3.8, 4) is 0 Å². The Hall–Kier alpha value is -4.60. The van der Waals surface area contributed by atoms with E-state index in [9.17, 15) is 9.59 Å². The summed E-state index contributed by atoms with van der Waals surface area (Å²) >= 11 is 11.7. The number of rotatable bonds is 13. The maximum atomic E-state index is 9.99. The van der Waals surface area contributed by atoms with Crippen LogP contribution in [0.1, 0.15) is 38.5 Å². The van der Waals surface area contributed by atoms with Crippen LogP contribution < -0.4 is 39.3 Å². The number of hydrogen-bond acceptors (Lipinski definition) is 5. The van der Waals surface area contributed by atoms with Crippen molar-refractivity contribution in [2.24, 2.45) is 48.6 Å². The van der Waals surface area contributed by atoms with E-state index in [1.807, 2.05) is 0 Å². The summed E-state index contributed by atoms with van der Waals surface area (Å²) in [5, 5.41) is 23.4. The van der Waals surface area contributed by atoms with Crippen LogP contribution in [0.25, 0.3) is 0 Å².